The number of ether oxygens (including phenoxy) is 2. The number of aliphatic hydroxyl groups is 1. The highest BCUT2D eigenvalue weighted by atomic mass is 16.5. The number of phenolic OH excluding ortho intramolecular Hbond substituents is 3. The molecule has 1 atom stereocenters. The van der Waals surface area contributed by atoms with Crippen molar-refractivity contribution in [1.82, 2.24) is 0 Å². The molecule has 2 aliphatic rings. The molecule has 2 aromatic rings. The van der Waals surface area contributed by atoms with Gasteiger partial charge in [0, 0.05) is 11.6 Å². The summed E-state index contributed by atoms with van der Waals surface area (Å²) in [6.07, 6.45) is 5.11. The molecule has 2 aliphatic heterocycles. The molecule has 4 N–H and O–H groups in total. The minimum Gasteiger partial charge on any atom is -0.508 e. The number of hydrogen-bond donors (Lipinski definition) is 4. The third kappa shape index (κ3) is 2.84. The number of rotatable bonds is 1. The van der Waals surface area contributed by atoms with Crippen molar-refractivity contribution in [3.8, 4) is 28.7 Å². The Balaban J connectivity index is 1.83. The molecule has 134 valence electrons. The topological polar surface area (TPSA) is 99.4 Å². The number of phenols is 3. The van der Waals surface area contributed by atoms with Gasteiger partial charge in [-0.05, 0) is 54.5 Å². The quantitative estimate of drug-likeness (QED) is 0.628. The second-order valence-electron chi connectivity index (χ2n) is 6.73. The van der Waals surface area contributed by atoms with E-state index in [1.165, 1.54) is 24.3 Å². The first-order valence-electron chi connectivity index (χ1n) is 8.13. The second-order valence-corrected chi connectivity index (χ2v) is 6.73. The summed E-state index contributed by atoms with van der Waals surface area (Å²) in [6.45, 7) is 1.86. The van der Waals surface area contributed by atoms with Crippen LogP contribution in [-0.4, -0.2) is 39.2 Å². The van der Waals surface area contributed by atoms with E-state index in [2.05, 4.69) is 0 Å². The molecule has 0 aliphatic carbocycles. The van der Waals surface area contributed by atoms with Crippen LogP contribution in [0.2, 0.25) is 0 Å². The van der Waals surface area contributed by atoms with Crippen molar-refractivity contribution in [2.24, 2.45) is 0 Å². The van der Waals surface area contributed by atoms with Crippen LogP contribution < -0.4 is 9.47 Å². The van der Waals surface area contributed by atoms with Gasteiger partial charge in [-0.3, -0.25) is 0 Å². The summed E-state index contributed by atoms with van der Waals surface area (Å²) in [6, 6.07) is 5.85. The molecule has 0 aromatic heterocycles. The van der Waals surface area contributed by atoms with Crippen molar-refractivity contribution in [2.75, 3.05) is 13.2 Å². The van der Waals surface area contributed by atoms with Crippen molar-refractivity contribution in [3.63, 3.8) is 0 Å². The predicted molar refractivity (Wildman–Crippen MR) is 96.4 cm³/mol. The van der Waals surface area contributed by atoms with E-state index in [1.54, 1.807) is 19.1 Å². The minimum absolute atomic E-state index is 0.0203. The normalized spacial score (nSPS) is 20.9. The zero-order chi connectivity index (χ0) is 18.5. The van der Waals surface area contributed by atoms with Gasteiger partial charge in [0.05, 0.1) is 5.56 Å². The highest BCUT2D eigenvalue weighted by Gasteiger charge is 2.28. The van der Waals surface area contributed by atoms with Gasteiger partial charge in [0.15, 0.2) is 11.5 Å². The molecule has 0 saturated carbocycles. The Morgan fingerprint density at radius 2 is 1.69 bits per heavy atom. The molecule has 0 spiro atoms. The summed E-state index contributed by atoms with van der Waals surface area (Å²) in [5.74, 6) is 0.663. The number of fused-ring (bicyclic) bond motifs is 3. The van der Waals surface area contributed by atoms with Gasteiger partial charge in [-0.1, -0.05) is 0 Å². The van der Waals surface area contributed by atoms with E-state index in [4.69, 9.17) is 9.47 Å². The van der Waals surface area contributed by atoms with Gasteiger partial charge in [0.25, 0.3) is 0 Å². The van der Waals surface area contributed by atoms with E-state index in [9.17, 15) is 20.4 Å². The average molecular weight is 354 g/mol. The fraction of sp³-hybridized carbons (Fsp3) is 0.200. The minimum atomic E-state index is -1.15. The van der Waals surface area contributed by atoms with Crippen LogP contribution in [0, 0.1) is 0 Å². The van der Waals surface area contributed by atoms with Crippen molar-refractivity contribution in [2.45, 2.75) is 12.5 Å². The molecule has 1 unspecified atom stereocenters. The van der Waals surface area contributed by atoms with Crippen LogP contribution >= 0.6 is 0 Å². The van der Waals surface area contributed by atoms with Crippen LogP contribution in [0.25, 0.3) is 17.7 Å². The lowest BCUT2D eigenvalue weighted by Gasteiger charge is -2.22. The summed E-state index contributed by atoms with van der Waals surface area (Å²) in [5, 5.41) is 39.9. The molecule has 0 amide bonds. The lowest BCUT2D eigenvalue weighted by molar-refractivity contribution is 0.0555. The Bertz CT molecular complexity index is 935. The van der Waals surface area contributed by atoms with Crippen LogP contribution in [0.5, 0.6) is 28.7 Å². The van der Waals surface area contributed by atoms with Crippen molar-refractivity contribution in [3.05, 3.63) is 47.0 Å². The maximum atomic E-state index is 10.3. The lowest BCUT2D eigenvalue weighted by Crippen LogP contribution is -2.28. The smallest absolute Gasteiger partial charge is 0.172 e. The fourth-order valence-electron chi connectivity index (χ4n) is 3.10. The first-order chi connectivity index (χ1) is 12.3. The first kappa shape index (κ1) is 16.4. The van der Waals surface area contributed by atoms with Crippen LogP contribution in [0.1, 0.15) is 23.6 Å². The molecule has 4 rings (SSSR count). The molecule has 26 heavy (non-hydrogen) atoms. The fourth-order valence-corrected chi connectivity index (χ4v) is 3.10. The van der Waals surface area contributed by atoms with Gasteiger partial charge in [-0.2, -0.15) is 0 Å². The van der Waals surface area contributed by atoms with Gasteiger partial charge in [0.1, 0.15) is 36.1 Å². The van der Waals surface area contributed by atoms with Crippen LogP contribution in [0.4, 0.5) is 0 Å². The van der Waals surface area contributed by atoms with Gasteiger partial charge in [0.2, 0.25) is 0 Å². The number of aromatic hydroxyl groups is 3. The summed E-state index contributed by atoms with van der Waals surface area (Å²) in [4.78, 5) is 0. The van der Waals surface area contributed by atoms with Crippen LogP contribution in [-0.2, 0) is 0 Å². The Labute approximate surface area is 149 Å². The summed E-state index contributed by atoms with van der Waals surface area (Å²) in [7, 11) is 0. The maximum Gasteiger partial charge on any atom is 0.172 e. The Morgan fingerprint density at radius 3 is 2.42 bits per heavy atom. The zero-order valence-electron chi connectivity index (χ0n) is 14.1. The van der Waals surface area contributed by atoms with Crippen LogP contribution in [0.15, 0.2) is 30.3 Å². The van der Waals surface area contributed by atoms with E-state index in [-0.39, 0.29) is 36.2 Å². The lowest BCUT2D eigenvalue weighted by atomic mass is 9.97. The molecular weight excluding hydrogens is 336 g/mol. The highest BCUT2D eigenvalue weighted by molar-refractivity contribution is 5.89. The molecular formula is C20H18O6. The van der Waals surface area contributed by atoms with Crippen molar-refractivity contribution < 1.29 is 29.9 Å². The largest absolute Gasteiger partial charge is 0.508 e. The molecule has 0 saturated heterocycles. The van der Waals surface area contributed by atoms with Crippen LogP contribution in [0.3, 0.4) is 0 Å². The highest BCUT2D eigenvalue weighted by Crippen LogP contribution is 2.46. The molecule has 0 radical (unpaired) electrons. The van der Waals surface area contributed by atoms with E-state index in [1.807, 2.05) is 6.08 Å². The standard InChI is InChI=1S/C20H18O6/c1-20(24)3-2-16-18-12(7-17(23)19(16)26-10-20)4-13(9-25-18)11-5-14(21)8-15(22)6-11/h2-8,21-24H,9-10H2,1H3. The molecule has 0 bridgehead atoms. The van der Waals surface area contributed by atoms with Crippen molar-refractivity contribution >= 4 is 17.7 Å². The molecule has 6 nitrogen and oxygen atoms in total. The zero-order valence-corrected chi connectivity index (χ0v) is 14.1. The van der Waals surface area contributed by atoms with Crippen molar-refractivity contribution in [1.29, 1.82) is 0 Å². The Hall–Kier alpha value is -3.12. The molecule has 2 heterocycles. The number of benzene rings is 2. The van der Waals surface area contributed by atoms with Gasteiger partial charge < -0.3 is 29.9 Å². The van der Waals surface area contributed by atoms with E-state index >= 15 is 0 Å². The second kappa shape index (κ2) is 5.71. The Morgan fingerprint density at radius 1 is 0.962 bits per heavy atom. The summed E-state index contributed by atoms with van der Waals surface area (Å²) in [5.41, 5.74) is 1.42. The Kier molecular flexibility index (Phi) is 3.59. The predicted octanol–water partition coefficient (Wildman–Crippen LogP) is 2.89. The molecule has 6 heteroatoms. The summed E-state index contributed by atoms with van der Waals surface area (Å²) < 4.78 is 11.5. The van der Waals surface area contributed by atoms with E-state index < -0.39 is 5.60 Å². The third-order valence-corrected chi connectivity index (χ3v) is 4.37. The molecule has 2 aromatic carbocycles. The monoisotopic (exact) mass is 354 g/mol. The summed E-state index contributed by atoms with van der Waals surface area (Å²) >= 11 is 0. The van der Waals surface area contributed by atoms with Gasteiger partial charge >= 0.3 is 0 Å². The van der Waals surface area contributed by atoms with Gasteiger partial charge in [-0.15, -0.1) is 0 Å². The van der Waals surface area contributed by atoms with Gasteiger partial charge in [-0.25, -0.2) is 0 Å². The third-order valence-electron chi connectivity index (χ3n) is 4.37. The van der Waals surface area contributed by atoms with E-state index in [0.29, 0.717) is 22.4 Å². The first-order valence-corrected chi connectivity index (χ1v) is 8.13. The van der Waals surface area contributed by atoms with E-state index in [0.717, 1.165) is 5.57 Å². The number of hydrogen-bond acceptors (Lipinski definition) is 6. The SMILES string of the molecule is CC1(O)C=Cc2c(c(O)cc3c2OCC(c2cc(O)cc(O)c2)=C3)OC1. The molecule has 0 fully saturated rings. The average Bonchev–Trinajstić information content (AvgIpc) is 2.73. The maximum absolute atomic E-state index is 10.3.